The molecular formula is C28H30N4O2. The number of benzene rings is 2. The first kappa shape index (κ1) is 23.2. The van der Waals surface area contributed by atoms with Crippen molar-refractivity contribution < 1.29 is 9.59 Å². The number of fused-ring (bicyclic) bond motifs is 1. The van der Waals surface area contributed by atoms with Crippen LogP contribution in [0.25, 0.3) is 10.9 Å². The van der Waals surface area contributed by atoms with E-state index in [-0.39, 0.29) is 17.9 Å². The highest BCUT2D eigenvalue weighted by atomic mass is 16.2. The molecule has 4 aromatic rings. The second-order valence-electron chi connectivity index (χ2n) is 8.64. The molecule has 174 valence electrons. The lowest BCUT2D eigenvalue weighted by Gasteiger charge is -2.29. The fraction of sp³-hybridized carbons (Fsp3) is 0.250. The van der Waals surface area contributed by atoms with Crippen LogP contribution in [0.3, 0.4) is 0 Å². The summed E-state index contributed by atoms with van der Waals surface area (Å²) in [5, 5.41) is 3.95. The topological polar surface area (TPSA) is 67.2 Å². The summed E-state index contributed by atoms with van der Waals surface area (Å²) in [7, 11) is 3.68. The van der Waals surface area contributed by atoms with Gasteiger partial charge in [-0.2, -0.15) is 0 Å². The molecule has 34 heavy (non-hydrogen) atoms. The SMILES string of the molecule is Cc1ccc2cccc(C(=O)N(C)C(CCNC(=O)c3cccn3C)Cc3ccccc3)c2n1. The average molecular weight is 455 g/mol. The number of amides is 2. The van der Waals surface area contributed by atoms with E-state index in [1.165, 1.54) is 0 Å². The Balaban J connectivity index is 1.54. The van der Waals surface area contributed by atoms with Crippen LogP contribution in [0.4, 0.5) is 0 Å². The van der Waals surface area contributed by atoms with E-state index in [1.54, 1.807) is 15.5 Å². The molecule has 0 spiro atoms. The highest BCUT2D eigenvalue weighted by Crippen LogP contribution is 2.21. The quantitative estimate of drug-likeness (QED) is 0.430. The third-order valence-electron chi connectivity index (χ3n) is 6.21. The maximum atomic E-state index is 13.6. The summed E-state index contributed by atoms with van der Waals surface area (Å²) in [5.74, 6) is -0.188. The Morgan fingerprint density at radius 2 is 1.79 bits per heavy atom. The predicted octanol–water partition coefficient (Wildman–Crippen LogP) is 4.39. The van der Waals surface area contributed by atoms with Crippen molar-refractivity contribution in [1.82, 2.24) is 19.8 Å². The van der Waals surface area contributed by atoms with E-state index in [0.717, 1.165) is 22.2 Å². The van der Waals surface area contributed by atoms with Crippen LogP contribution < -0.4 is 5.32 Å². The standard InChI is InChI=1S/C28H30N4O2/c1-20-14-15-22-11-7-12-24(26(22)30-20)28(34)32(3)23(19-21-9-5-4-6-10-21)16-17-29-27(33)25-13-8-18-31(25)2/h4-15,18,23H,16-17,19H2,1-3H3,(H,29,33). The van der Waals surface area contributed by atoms with Gasteiger partial charge in [0.1, 0.15) is 5.69 Å². The Labute approximate surface area is 200 Å². The average Bonchev–Trinajstić information content (AvgIpc) is 3.28. The molecule has 4 rings (SSSR count). The minimum absolute atomic E-state index is 0.0709. The van der Waals surface area contributed by atoms with E-state index in [2.05, 4.69) is 22.4 Å². The summed E-state index contributed by atoms with van der Waals surface area (Å²) in [6, 6.07) is 23.3. The van der Waals surface area contributed by atoms with Crippen LogP contribution in [0.1, 0.15) is 38.5 Å². The van der Waals surface area contributed by atoms with Gasteiger partial charge in [-0.1, -0.05) is 48.5 Å². The van der Waals surface area contributed by atoms with Crippen LogP contribution in [0, 0.1) is 6.92 Å². The maximum absolute atomic E-state index is 13.6. The molecule has 2 amide bonds. The van der Waals surface area contributed by atoms with Crippen LogP contribution in [-0.2, 0) is 13.5 Å². The third kappa shape index (κ3) is 5.17. The van der Waals surface area contributed by atoms with Crippen LogP contribution in [0.15, 0.2) is 79.0 Å². The smallest absolute Gasteiger partial charge is 0.267 e. The van der Waals surface area contributed by atoms with Gasteiger partial charge in [0.2, 0.25) is 0 Å². The molecule has 2 heterocycles. The van der Waals surface area contributed by atoms with E-state index >= 15 is 0 Å². The molecule has 1 unspecified atom stereocenters. The van der Waals surface area contributed by atoms with E-state index < -0.39 is 0 Å². The first-order valence-electron chi connectivity index (χ1n) is 11.5. The zero-order chi connectivity index (χ0) is 24.1. The number of aryl methyl sites for hydroxylation is 2. The highest BCUT2D eigenvalue weighted by Gasteiger charge is 2.24. The first-order chi connectivity index (χ1) is 16.4. The van der Waals surface area contributed by atoms with Crippen LogP contribution >= 0.6 is 0 Å². The van der Waals surface area contributed by atoms with Crippen molar-refractivity contribution in [2.24, 2.45) is 7.05 Å². The van der Waals surface area contributed by atoms with Gasteiger partial charge in [-0.05, 0) is 49.6 Å². The number of para-hydroxylation sites is 1. The van der Waals surface area contributed by atoms with Crippen LogP contribution in [0.2, 0.25) is 0 Å². The second kappa shape index (κ2) is 10.3. The number of nitrogens with one attached hydrogen (secondary N) is 1. The maximum Gasteiger partial charge on any atom is 0.267 e. The number of hydrogen-bond donors (Lipinski definition) is 1. The summed E-state index contributed by atoms with van der Waals surface area (Å²) in [5.41, 5.74) is 3.94. The lowest BCUT2D eigenvalue weighted by atomic mass is 10.0. The van der Waals surface area contributed by atoms with Gasteiger partial charge in [0.15, 0.2) is 0 Å². The minimum Gasteiger partial charge on any atom is -0.351 e. The van der Waals surface area contributed by atoms with Crippen molar-refractivity contribution in [3.63, 3.8) is 0 Å². The van der Waals surface area contributed by atoms with E-state index in [1.807, 2.05) is 81.8 Å². The number of carbonyl (C=O) groups is 2. The molecule has 2 aromatic heterocycles. The summed E-state index contributed by atoms with van der Waals surface area (Å²) in [4.78, 5) is 32.6. The molecule has 1 atom stereocenters. The Morgan fingerprint density at radius 3 is 2.53 bits per heavy atom. The van der Waals surface area contributed by atoms with Gasteiger partial charge in [-0.15, -0.1) is 0 Å². The number of likely N-dealkylation sites (N-methyl/N-ethyl adjacent to an activating group) is 1. The molecule has 0 bridgehead atoms. The summed E-state index contributed by atoms with van der Waals surface area (Å²) in [6.45, 7) is 2.39. The Morgan fingerprint density at radius 1 is 1.00 bits per heavy atom. The third-order valence-corrected chi connectivity index (χ3v) is 6.21. The van der Waals surface area contributed by atoms with Crippen molar-refractivity contribution in [3.05, 3.63) is 102 Å². The van der Waals surface area contributed by atoms with Gasteiger partial charge in [-0.25, -0.2) is 0 Å². The number of aromatic nitrogens is 2. The van der Waals surface area contributed by atoms with Crippen molar-refractivity contribution >= 4 is 22.7 Å². The zero-order valence-corrected chi connectivity index (χ0v) is 19.9. The molecule has 2 aromatic carbocycles. The molecule has 0 aliphatic rings. The van der Waals surface area contributed by atoms with Crippen LogP contribution in [0.5, 0.6) is 0 Å². The van der Waals surface area contributed by atoms with Crippen molar-refractivity contribution in [2.45, 2.75) is 25.8 Å². The summed E-state index contributed by atoms with van der Waals surface area (Å²) in [6.07, 6.45) is 3.17. The predicted molar refractivity (Wildman–Crippen MR) is 135 cm³/mol. The lowest BCUT2D eigenvalue weighted by Crippen LogP contribution is -2.41. The molecule has 0 aliphatic heterocycles. The van der Waals surface area contributed by atoms with Crippen molar-refractivity contribution in [2.75, 3.05) is 13.6 Å². The normalized spacial score (nSPS) is 11.9. The summed E-state index contributed by atoms with van der Waals surface area (Å²) >= 11 is 0. The zero-order valence-electron chi connectivity index (χ0n) is 19.9. The number of pyridine rings is 1. The Kier molecular flexibility index (Phi) is 7.07. The first-order valence-corrected chi connectivity index (χ1v) is 11.5. The van der Waals surface area contributed by atoms with Crippen molar-refractivity contribution in [1.29, 1.82) is 0 Å². The Bertz CT molecular complexity index is 1300. The van der Waals surface area contributed by atoms with Gasteiger partial charge >= 0.3 is 0 Å². The number of carbonyl (C=O) groups excluding carboxylic acids is 2. The van der Waals surface area contributed by atoms with E-state index in [9.17, 15) is 9.59 Å². The molecule has 6 heteroatoms. The fourth-order valence-corrected chi connectivity index (χ4v) is 4.23. The Hall–Kier alpha value is -3.93. The molecule has 0 fully saturated rings. The molecule has 1 N–H and O–H groups in total. The van der Waals surface area contributed by atoms with Gasteiger partial charge in [0.25, 0.3) is 11.8 Å². The minimum atomic E-state index is -0.117. The molecule has 0 aliphatic carbocycles. The molecule has 6 nitrogen and oxygen atoms in total. The van der Waals surface area contributed by atoms with Gasteiger partial charge in [-0.3, -0.25) is 14.6 Å². The molecule has 0 saturated heterocycles. The van der Waals surface area contributed by atoms with Gasteiger partial charge in [0, 0.05) is 44.0 Å². The molecule has 0 saturated carbocycles. The number of rotatable bonds is 8. The van der Waals surface area contributed by atoms with E-state index in [0.29, 0.717) is 30.6 Å². The number of hydrogen-bond acceptors (Lipinski definition) is 3. The largest absolute Gasteiger partial charge is 0.351 e. The summed E-state index contributed by atoms with van der Waals surface area (Å²) < 4.78 is 1.79. The molecular weight excluding hydrogens is 424 g/mol. The van der Waals surface area contributed by atoms with Gasteiger partial charge in [0.05, 0.1) is 11.1 Å². The van der Waals surface area contributed by atoms with Gasteiger partial charge < -0.3 is 14.8 Å². The number of nitrogens with zero attached hydrogens (tertiary/aromatic N) is 3. The van der Waals surface area contributed by atoms with Crippen LogP contribution in [-0.4, -0.2) is 45.9 Å². The highest BCUT2D eigenvalue weighted by molar-refractivity contribution is 6.05. The van der Waals surface area contributed by atoms with Crippen molar-refractivity contribution in [3.8, 4) is 0 Å². The fourth-order valence-electron chi connectivity index (χ4n) is 4.23. The van der Waals surface area contributed by atoms with E-state index in [4.69, 9.17) is 0 Å². The monoisotopic (exact) mass is 454 g/mol. The second-order valence-corrected chi connectivity index (χ2v) is 8.64. The lowest BCUT2D eigenvalue weighted by molar-refractivity contribution is 0.0724. The molecule has 0 radical (unpaired) electrons.